The molecule has 14 heavy (non-hydrogen) atoms. The Bertz CT molecular complexity index is 313. The molecule has 0 aliphatic rings. The number of halogens is 1. The van der Waals surface area contributed by atoms with Crippen LogP contribution in [0.3, 0.4) is 0 Å². The van der Waals surface area contributed by atoms with Crippen LogP contribution in [-0.4, -0.2) is 0 Å². The summed E-state index contributed by atoms with van der Waals surface area (Å²) in [6.45, 7) is 4.34. The third kappa shape index (κ3) is 3.67. The fraction of sp³-hybridized carbons (Fsp3) is 0.385. The van der Waals surface area contributed by atoms with E-state index in [0.29, 0.717) is 0 Å². The maximum atomic E-state index is 3.28. The van der Waals surface area contributed by atoms with Gasteiger partial charge in [0.15, 0.2) is 0 Å². The highest BCUT2D eigenvalue weighted by Gasteiger charge is 1.95. The normalized spacial score (nSPS) is 11.1. The molecule has 1 aromatic rings. The molecule has 76 valence electrons. The SMILES string of the molecule is Cc1ccc(CCC/C=C/Br)cc1C. The Kier molecular flexibility index (Phi) is 4.95. The first-order valence-corrected chi connectivity index (χ1v) is 5.97. The van der Waals surface area contributed by atoms with Gasteiger partial charge in [0.25, 0.3) is 0 Å². The first kappa shape index (κ1) is 11.5. The lowest BCUT2D eigenvalue weighted by Crippen LogP contribution is -1.88. The van der Waals surface area contributed by atoms with Crippen molar-refractivity contribution >= 4 is 15.9 Å². The van der Waals surface area contributed by atoms with Crippen LogP contribution in [0.25, 0.3) is 0 Å². The van der Waals surface area contributed by atoms with Crippen LogP contribution in [0.2, 0.25) is 0 Å². The maximum absolute atomic E-state index is 3.28. The minimum absolute atomic E-state index is 1.15. The Labute approximate surface area is 95.2 Å². The van der Waals surface area contributed by atoms with Gasteiger partial charge in [0.1, 0.15) is 0 Å². The minimum atomic E-state index is 1.15. The Morgan fingerprint density at radius 2 is 2.00 bits per heavy atom. The van der Waals surface area contributed by atoms with Crippen LogP contribution >= 0.6 is 15.9 Å². The zero-order valence-corrected chi connectivity index (χ0v) is 10.5. The zero-order chi connectivity index (χ0) is 10.4. The lowest BCUT2D eigenvalue weighted by atomic mass is 10.0. The lowest BCUT2D eigenvalue weighted by Gasteiger charge is -2.04. The number of allylic oxidation sites excluding steroid dienone is 1. The van der Waals surface area contributed by atoms with Crippen molar-refractivity contribution in [3.8, 4) is 0 Å². The second-order valence-corrected chi connectivity index (χ2v) is 4.20. The van der Waals surface area contributed by atoms with Crippen molar-refractivity contribution in [1.82, 2.24) is 0 Å². The highest BCUT2D eigenvalue weighted by atomic mass is 79.9. The van der Waals surface area contributed by atoms with Gasteiger partial charge in [-0.25, -0.2) is 0 Å². The second kappa shape index (κ2) is 6.02. The number of hydrogen-bond acceptors (Lipinski definition) is 0. The Morgan fingerprint density at radius 1 is 1.21 bits per heavy atom. The van der Waals surface area contributed by atoms with Gasteiger partial charge in [-0.05, 0) is 54.8 Å². The summed E-state index contributed by atoms with van der Waals surface area (Å²) in [7, 11) is 0. The van der Waals surface area contributed by atoms with E-state index in [1.165, 1.54) is 29.5 Å². The van der Waals surface area contributed by atoms with Gasteiger partial charge in [-0.1, -0.05) is 40.2 Å². The van der Waals surface area contributed by atoms with Crippen molar-refractivity contribution in [2.75, 3.05) is 0 Å². The van der Waals surface area contributed by atoms with Gasteiger partial charge in [0.05, 0.1) is 0 Å². The maximum Gasteiger partial charge on any atom is -0.0229 e. The van der Waals surface area contributed by atoms with E-state index < -0.39 is 0 Å². The molecule has 0 unspecified atom stereocenters. The fourth-order valence-electron chi connectivity index (χ4n) is 1.45. The highest BCUT2D eigenvalue weighted by molar-refractivity contribution is 9.11. The molecule has 0 atom stereocenters. The van der Waals surface area contributed by atoms with Gasteiger partial charge in [-0.15, -0.1) is 0 Å². The average Bonchev–Trinajstić information content (AvgIpc) is 2.18. The predicted molar refractivity (Wildman–Crippen MR) is 66.9 cm³/mol. The van der Waals surface area contributed by atoms with Gasteiger partial charge in [-0.2, -0.15) is 0 Å². The van der Waals surface area contributed by atoms with Crippen molar-refractivity contribution < 1.29 is 0 Å². The molecule has 1 aromatic carbocycles. The molecular formula is C13H17Br. The van der Waals surface area contributed by atoms with Crippen LogP contribution in [0, 0.1) is 13.8 Å². The molecule has 0 saturated heterocycles. The third-order valence-corrected chi connectivity index (χ3v) is 2.87. The molecule has 0 heterocycles. The number of unbranched alkanes of at least 4 members (excludes halogenated alkanes) is 1. The van der Waals surface area contributed by atoms with E-state index in [2.05, 4.69) is 54.1 Å². The summed E-state index contributed by atoms with van der Waals surface area (Å²) in [4.78, 5) is 1.94. The van der Waals surface area contributed by atoms with E-state index in [4.69, 9.17) is 0 Å². The summed E-state index contributed by atoms with van der Waals surface area (Å²) >= 11 is 3.28. The molecule has 0 fully saturated rings. The molecule has 0 saturated carbocycles. The third-order valence-electron chi connectivity index (χ3n) is 2.50. The molecule has 0 N–H and O–H groups in total. The van der Waals surface area contributed by atoms with Gasteiger partial charge >= 0.3 is 0 Å². The molecule has 0 aliphatic carbocycles. The van der Waals surface area contributed by atoms with Gasteiger partial charge in [0, 0.05) is 0 Å². The largest absolute Gasteiger partial charge is 0.0776 e. The molecular weight excluding hydrogens is 236 g/mol. The van der Waals surface area contributed by atoms with Crippen LogP contribution in [0.5, 0.6) is 0 Å². The average molecular weight is 253 g/mol. The first-order chi connectivity index (χ1) is 6.74. The number of aryl methyl sites for hydroxylation is 3. The van der Waals surface area contributed by atoms with Crippen LogP contribution < -0.4 is 0 Å². The van der Waals surface area contributed by atoms with Crippen LogP contribution in [0.15, 0.2) is 29.3 Å². The quantitative estimate of drug-likeness (QED) is 0.691. The van der Waals surface area contributed by atoms with Crippen molar-refractivity contribution in [2.45, 2.75) is 33.1 Å². The summed E-state index contributed by atoms with van der Waals surface area (Å²) in [5.41, 5.74) is 4.24. The zero-order valence-electron chi connectivity index (χ0n) is 8.89. The predicted octanol–water partition coefficient (Wildman–Crippen LogP) is 4.53. The van der Waals surface area contributed by atoms with E-state index in [1.54, 1.807) is 0 Å². The Balaban J connectivity index is 2.47. The number of hydrogen-bond donors (Lipinski definition) is 0. The summed E-state index contributed by atoms with van der Waals surface area (Å²) in [5.74, 6) is 0. The first-order valence-electron chi connectivity index (χ1n) is 5.05. The highest BCUT2D eigenvalue weighted by Crippen LogP contribution is 2.12. The van der Waals surface area contributed by atoms with Crippen molar-refractivity contribution in [1.29, 1.82) is 0 Å². The number of rotatable bonds is 4. The summed E-state index contributed by atoms with van der Waals surface area (Å²) in [5, 5.41) is 0. The molecule has 0 radical (unpaired) electrons. The summed E-state index contributed by atoms with van der Waals surface area (Å²) < 4.78 is 0. The molecule has 0 bridgehead atoms. The molecule has 1 heteroatoms. The van der Waals surface area contributed by atoms with Gasteiger partial charge < -0.3 is 0 Å². The number of benzene rings is 1. The van der Waals surface area contributed by atoms with E-state index in [9.17, 15) is 0 Å². The monoisotopic (exact) mass is 252 g/mol. The van der Waals surface area contributed by atoms with E-state index in [1.807, 2.05) is 4.99 Å². The summed E-state index contributed by atoms with van der Waals surface area (Å²) in [6, 6.07) is 6.75. The Hall–Kier alpha value is -0.560. The molecule has 0 aliphatic heterocycles. The standard InChI is InChI=1S/C13H17Br/c1-11-7-8-13(10-12(11)2)6-4-3-5-9-14/h5,7-10H,3-4,6H2,1-2H3/b9-5+. The van der Waals surface area contributed by atoms with Crippen LogP contribution in [-0.2, 0) is 6.42 Å². The van der Waals surface area contributed by atoms with Crippen molar-refractivity contribution in [3.05, 3.63) is 46.0 Å². The summed E-state index contributed by atoms with van der Waals surface area (Å²) in [6.07, 6.45) is 5.71. The van der Waals surface area contributed by atoms with E-state index in [0.717, 1.165) is 6.42 Å². The molecule has 1 rings (SSSR count). The Morgan fingerprint density at radius 3 is 2.64 bits per heavy atom. The van der Waals surface area contributed by atoms with E-state index in [-0.39, 0.29) is 0 Å². The topological polar surface area (TPSA) is 0 Å². The molecule has 0 spiro atoms. The van der Waals surface area contributed by atoms with Gasteiger partial charge in [0.2, 0.25) is 0 Å². The smallest absolute Gasteiger partial charge is 0.0229 e. The molecule has 0 amide bonds. The van der Waals surface area contributed by atoms with Crippen molar-refractivity contribution in [3.63, 3.8) is 0 Å². The lowest BCUT2D eigenvalue weighted by molar-refractivity contribution is 0.842. The molecule has 0 aromatic heterocycles. The second-order valence-electron chi connectivity index (χ2n) is 3.67. The minimum Gasteiger partial charge on any atom is -0.0776 e. The molecule has 0 nitrogen and oxygen atoms in total. The van der Waals surface area contributed by atoms with Crippen LogP contribution in [0.4, 0.5) is 0 Å². The van der Waals surface area contributed by atoms with Crippen molar-refractivity contribution in [2.24, 2.45) is 0 Å². The van der Waals surface area contributed by atoms with Crippen LogP contribution in [0.1, 0.15) is 29.5 Å². The van der Waals surface area contributed by atoms with E-state index >= 15 is 0 Å². The van der Waals surface area contributed by atoms with Gasteiger partial charge in [-0.3, -0.25) is 0 Å². The fourth-order valence-corrected chi connectivity index (χ4v) is 1.71.